The van der Waals surface area contributed by atoms with Crippen molar-refractivity contribution in [2.24, 2.45) is 0 Å². The van der Waals surface area contributed by atoms with E-state index in [1.54, 1.807) is 4.68 Å². The summed E-state index contributed by atoms with van der Waals surface area (Å²) in [5.74, 6) is 1.67. The number of para-hydroxylation sites is 1. The third kappa shape index (κ3) is 4.15. The first-order valence-corrected chi connectivity index (χ1v) is 10.5. The van der Waals surface area contributed by atoms with Crippen LogP contribution >= 0.6 is 0 Å². The predicted octanol–water partition coefficient (Wildman–Crippen LogP) is 2.45. The number of nitrogens with zero attached hydrogens (tertiary/aromatic N) is 2. The molecule has 25 heavy (non-hydrogen) atoms. The van der Waals surface area contributed by atoms with Gasteiger partial charge in [-0.05, 0) is 38.3 Å². The Balaban J connectivity index is 1.75. The van der Waals surface area contributed by atoms with Gasteiger partial charge in [0.25, 0.3) is 0 Å². The molecule has 0 spiro atoms. The molecular formula is C18H24N2O4S. The highest BCUT2D eigenvalue weighted by atomic mass is 32.2. The minimum absolute atomic E-state index is 0.0787. The van der Waals surface area contributed by atoms with Gasteiger partial charge in [0.2, 0.25) is 0 Å². The number of ether oxygens (including phenoxy) is 2. The van der Waals surface area contributed by atoms with E-state index in [0.717, 1.165) is 47.9 Å². The fourth-order valence-corrected chi connectivity index (χ4v) is 3.54. The van der Waals surface area contributed by atoms with Gasteiger partial charge in [0.1, 0.15) is 16.4 Å². The van der Waals surface area contributed by atoms with Gasteiger partial charge >= 0.3 is 0 Å². The minimum atomic E-state index is -3.02. The number of rotatable bonds is 6. The maximum absolute atomic E-state index is 11.4. The monoisotopic (exact) mass is 364 g/mol. The van der Waals surface area contributed by atoms with Gasteiger partial charge in [0, 0.05) is 17.5 Å². The van der Waals surface area contributed by atoms with Crippen LogP contribution in [0.25, 0.3) is 0 Å². The smallest absolute Gasteiger partial charge is 0.164 e. The largest absolute Gasteiger partial charge is 0.489 e. The molecule has 2 aromatic rings. The number of aryl methyl sites for hydroxylation is 3. The molecule has 0 atom stereocenters. The van der Waals surface area contributed by atoms with Gasteiger partial charge in [-0.3, -0.25) is 4.68 Å². The Kier molecular flexibility index (Phi) is 5.03. The van der Waals surface area contributed by atoms with E-state index in [1.165, 1.54) is 11.8 Å². The molecule has 0 aliphatic carbocycles. The summed E-state index contributed by atoms with van der Waals surface area (Å²) in [5, 5.41) is 4.45. The van der Waals surface area contributed by atoms with Gasteiger partial charge in [0.15, 0.2) is 11.5 Å². The van der Waals surface area contributed by atoms with Crippen LogP contribution in [-0.2, 0) is 29.4 Å². The van der Waals surface area contributed by atoms with E-state index in [9.17, 15) is 8.42 Å². The minimum Gasteiger partial charge on any atom is -0.489 e. The second-order valence-corrected chi connectivity index (χ2v) is 8.75. The summed E-state index contributed by atoms with van der Waals surface area (Å²) in [6.07, 6.45) is 3.27. The molecule has 7 heteroatoms. The van der Waals surface area contributed by atoms with Crippen LogP contribution in [0.15, 0.2) is 18.2 Å². The van der Waals surface area contributed by atoms with Crippen molar-refractivity contribution in [3.63, 3.8) is 0 Å². The predicted molar refractivity (Wildman–Crippen MR) is 96.0 cm³/mol. The molecule has 0 N–H and O–H groups in total. The first-order valence-electron chi connectivity index (χ1n) is 8.43. The fourth-order valence-electron chi connectivity index (χ4n) is 3.04. The van der Waals surface area contributed by atoms with Gasteiger partial charge in [0.05, 0.1) is 24.6 Å². The molecule has 1 aromatic heterocycles. The first-order chi connectivity index (χ1) is 11.8. The van der Waals surface area contributed by atoms with Crippen molar-refractivity contribution in [3.05, 3.63) is 40.7 Å². The zero-order valence-electron chi connectivity index (χ0n) is 14.9. The number of hydrogen-bond acceptors (Lipinski definition) is 5. The summed E-state index contributed by atoms with van der Waals surface area (Å²) >= 11 is 0. The van der Waals surface area contributed by atoms with E-state index in [4.69, 9.17) is 9.47 Å². The number of fused-ring (bicyclic) bond motifs is 1. The molecule has 0 unspecified atom stereocenters. The molecule has 0 fully saturated rings. The zero-order chi connectivity index (χ0) is 18.0. The van der Waals surface area contributed by atoms with Gasteiger partial charge in [-0.2, -0.15) is 5.10 Å². The molecule has 1 aliphatic rings. The lowest BCUT2D eigenvalue weighted by atomic mass is 10.1. The van der Waals surface area contributed by atoms with Gasteiger partial charge in [-0.25, -0.2) is 8.42 Å². The molecule has 0 saturated carbocycles. The summed E-state index contributed by atoms with van der Waals surface area (Å²) in [6, 6.07) is 5.97. The maximum Gasteiger partial charge on any atom is 0.164 e. The summed E-state index contributed by atoms with van der Waals surface area (Å²) in [6.45, 7) is 5.32. The standard InChI is InChI=1S/C18H24N2O4S/c1-13-16(14(2)20(19-13)9-11-25(3,21)22)12-24-17-8-4-6-15-7-5-10-23-18(15)17/h4,6,8H,5,7,9-12H2,1-3H3. The Labute approximate surface area is 148 Å². The van der Waals surface area contributed by atoms with Crippen LogP contribution in [0.2, 0.25) is 0 Å². The highest BCUT2D eigenvalue weighted by molar-refractivity contribution is 7.90. The van der Waals surface area contributed by atoms with Crippen LogP contribution < -0.4 is 9.47 Å². The lowest BCUT2D eigenvalue weighted by Gasteiger charge is -2.20. The molecule has 1 aliphatic heterocycles. The van der Waals surface area contributed by atoms with Crippen molar-refractivity contribution in [2.75, 3.05) is 18.6 Å². The summed E-state index contributed by atoms with van der Waals surface area (Å²) in [4.78, 5) is 0. The quantitative estimate of drug-likeness (QED) is 0.787. The van der Waals surface area contributed by atoms with Crippen molar-refractivity contribution in [2.45, 2.75) is 39.8 Å². The second-order valence-electron chi connectivity index (χ2n) is 6.49. The van der Waals surface area contributed by atoms with Crippen LogP contribution in [0.5, 0.6) is 11.5 Å². The van der Waals surface area contributed by atoms with Gasteiger partial charge in [-0.1, -0.05) is 12.1 Å². The Bertz CT molecular complexity index is 871. The summed E-state index contributed by atoms with van der Waals surface area (Å²) < 4.78 is 36.3. The molecular weight excluding hydrogens is 340 g/mol. The Morgan fingerprint density at radius 2 is 2.12 bits per heavy atom. The van der Waals surface area contributed by atoms with E-state index in [0.29, 0.717) is 13.2 Å². The molecule has 1 aromatic carbocycles. The van der Waals surface area contributed by atoms with E-state index in [-0.39, 0.29) is 5.75 Å². The molecule has 6 nitrogen and oxygen atoms in total. The third-order valence-corrected chi connectivity index (χ3v) is 5.40. The molecule has 136 valence electrons. The van der Waals surface area contributed by atoms with Crippen LogP contribution in [0.4, 0.5) is 0 Å². The van der Waals surface area contributed by atoms with Crippen molar-refractivity contribution in [3.8, 4) is 11.5 Å². The topological polar surface area (TPSA) is 70.4 Å². The lowest BCUT2D eigenvalue weighted by molar-refractivity contribution is 0.245. The average Bonchev–Trinajstić information content (AvgIpc) is 2.84. The molecule has 0 amide bonds. The zero-order valence-corrected chi connectivity index (χ0v) is 15.7. The van der Waals surface area contributed by atoms with Crippen LogP contribution in [0.3, 0.4) is 0 Å². The molecule has 0 bridgehead atoms. The maximum atomic E-state index is 11.4. The second kappa shape index (κ2) is 7.07. The van der Waals surface area contributed by atoms with Crippen molar-refractivity contribution >= 4 is 9.84 Å². The number of sulfone groups is 1. The van der Waals surface area contributed by atoms with E-state index < -0.39 is 9.84 Å². The fraction of sp³-hybridized carbons (Fsp3) is 0.500. The highest BCUT2D eigenvalue weighted by Gasteiger charge is 2.18. The Hall–Kier alpha value is -2.02. The molecule has 0 saturated heterocycles. The van der Waals surface area contributed by atoms with Gasteiger partial charge < -0.3 is 9.47 Å². The SMILES string of the molecule is Cc1nn(CCS(C)(=O)=O)c(C)c1COc1cccc2c1OCCC2. The van der Waals surface area contributed by atoms with E-state index in [1.807, 2.05) is 26.0 Å². The van der Waals surface area contributed by atoms with Crippen LogP contribution in [-0.4, -0.2) is 36.8 Å². The number of hydrogen-bond donors (Lipinski definition) is 0. The Morgan fingerprint density at radius 3 is 2.88 bits per heavy atom. The van der Waals surface area contributed by atoms with Crippen molar-refractivity contribution in [1.82, 2.24) is 9.78 Å². The molecule has 2 heterocycles. The van der Waals surface area contributed by atoms with Crippen LogP contribution in [0, 0.1) is 13.8 Å². The molecule has 0 radical (unpaired) electrons. The summed E-state index contributed by atoms with van der Waals surface area (Å²) in [5.41, 5.74) is 3.96. The van der Waals surface area contributed by atoms with Gasteiger partial charge in [-0.15, -0.1) is 0 Å². The van der Waals surface area contributed by atoms with Crippen molar-refractivity contribution in [1.29, 1.82) is 0 Å². The van der Waals surface area contributed by atoms with E-state index >= 15 is 0 Å². The average molecular weight is 364 g/mol. The van der Waals surface area contributed by atoms with E-state index in [2.05, 4.69) is 11.2 Å². The number of benzene rings is 1. The Morgan fingerprint density at radius 1 is 1.32 bits per heavy atom. The van der Waals surface area contributed by atoms with Crippen LogP contribution in [0.1, 0.15) is 28.9 Å². The lowest BCUT2D eigenvalue weighted by Crippen LogP contribution is -2.13. The van der Waals surface area contributed by atoms with Crippen molar-refractivity contribution < 1.29 is 17.9 Å². The third-order valence-electron chi connectivity index (χ3n) is 4.47. The molecule has 3 rings (SSSR count). The number of aromatic nitrogens is 2. The highest BCUT2D eigenvalue weighted by Crippen LogP contribution is 2.35. The first kappa shape index (κ1) is 17.8. The summed E-state index contributed by atoms with van der Waals surface area (Å²) in [7, 11) is -3.02. The normalized spacial score (nSPS) is 14.0.